The topological polar surface area (TPSA) is 73.2 Å². The summed E-state index contributed by atoms with van der Waals surface area (Å²) >= 11 is 5.97. The molecule has 7 heteroatoms. The van der Waals surface area contributed by atoms with E-state index in [-0.39, 0.29) is 17.3 Å². The number of anilines is 1. The van der Waals surface area contributed by atoms with Crippen LogP contribution in [-0.2, 0) is 11.3 Å². The number of halogens is 1. The summed E-state index contributed by atoms with van der Waals surface area (Å²) in [5.74, 6) is 0.0325. The van der Waals surface area contributed by atoms with Gasteiger partial charge < -0.3 is 10.1 Å². The second-order valence-corrected chi connectivity index (χ2v) is 8.05. The number of rotatable bonds is 8. The van der Waals surface area contributed by atoms with Gasteiger partial charge in [-0.25, -0.2) is 9.78 Å². The van der Waals surface area contributed by atoms with Gasteiger partial charge in [0.2, 0.25) is 5.95 Å². The number of aromatic nitrogens is 2. The fourth-order valence-corrected chi connectivity index (χ4v) is 2.83. The number of carbonyl (C=O) groups excluding carboxylic acids is 1. The summed E-state index contributed by atoms with van der Waals surface area (Å²) in [6.07, 6.45) is 3.18. The Kier molecular flexibility index (Phi) is 7.63. The van der Waals surface area contributed by atoms with Gasteiger partial charge in [-0.15, -0.1) is 0 Å². The standard InChI is InChI=1S/C21H28ClN3O3/c1-5-6-7-11-23-20-24-17(22)13-18(26)25(20)14-15-9-8-10-16(12-15)19(27)28-21(2,3)4/h8-10,12-13H,5-7,11,14H2,1-4H3,(H,23,24). The van der Waals surface area contributed by atoms with E-state index in [2.05, 4.69) is 17.2 Å². The number of carbonyl (C=O) groups is 1. The highest BCUT2D eigenvalue weighted by molar-refractivity contribution is 6.29. The molecule has 28 heavy (non-hydrogen) atoms. The number of benzene rings is 1. The van der Waals surface area contributed by atoms with Crippen molar-refractivity contribution in [3.8, 4) is 0 Å². The molecule has 0 atom stereocenters. The van der Waals surface area contributed by atoms with Crippen molar-refractivity contribution in [1.29, 1.82) is 0 Å². The summed E-state index contributed by atoms with van der Waals surface area (Å²) in [4.78, 5) is 29.0. The van der Waals surface area contributed by atoms with Crippen molar-refractivity contribution < 1.29 is 9.53 Å². The van der Waals surface area contributed by atoms with Crippen LogP contribution in [0.1, 0.15) is 62.9 Å². The maximum absolute atomic E-state index is 12.5. The van der Waals surface area contributed by atoms with Crippen molar-refractivity contribution >= 4 is 23.5 Å². The third-order valence-corrected chi connectivity index (χ3v) is 4.14. The van der Waals surface area contributed by atoms with E-state index in [1.54, 1.807) is 18.2 Å². The summed E-state index contributed by atoms with van der Waals surface area (Å²) in [5.41, 5.74) is 0.423. The fourth-order valence-electron chi connectivity index (χ4n) is 2.66. The summed E-state index contributed by atoms with van der Waals surface area (Å²) < 4.78 is 6.94. The number of hydrogen-bond acceptors (Lipinski definition) is 5. The van der Waals surface area contributed by atoms with Crippen LogP contribution >= 0.6 is 11.6 Å². The van der Waals surface area contributed by atoms with E-state index < -0.39 is 11.6 Å². The van der Waals surface area contributed by atoms with Crippen LogP contribution < -0.4 is 10.9 Å². The van der Waals surface area contributed by atoms with E-state index in [0.29, 0.717) is 18.1 Å². The quantitative estimate of drug-likeness (QED) is 0.397. The summed E-state index contributed by atoms with van der Waals surface area (Å²) in [6, 6.07) is 8.35. The van der Waals surface area contributed by atoms with E-state index in [9.17, 15) is 9.59 Å². The Hall–Kier alpha value is -2.34. The predicted molar refractivity (Wildman–Crippen MR) is 112 cm³/mol. The molecule has 0 saturated heterocycles. The van der Waals surface area contributed by atoms with Gasteiger partial charge in [0, 0.05) is 12.6 Å². The Morgan fingerprint density at radius 1 is 1.25 bits per heavy atom. The molecule has 152 valence electrons. The van der Waals surface area contributed by atoms with Gasteiger partial charge in [0.05, 0.1) is 12.1 Å². The zero-order valence-corrected chi connectivity index (χ0v) is 17.7. The van der Waals surface area contributed by atoms with Gasteiger partial charge in [-0.1, -0.05) is 43.5 Å². The lowest BCUT2D eigenvalue weighted by Crippen LogP contribution is -2.26. The van der Waals surface area contributed by atoms with Crippen molar-refractivity contribution in [2.45, 2.75) is 59.1 Å². The molecule has 0 fully saturated rings. The summed E-state index contributed by atoms with van der Waals surface area (Å²) in [6.45, 7) is 8.58. The molecule has 6 nitrogen and oxygen atoms in total. The van der Waals surface area contributed by atoms with Crippen LogP contribution in [0.3, 0.4) is 0 Å². The van der Waals surface area contributed by atoms with Gasteiger partial charge in [0.1, 0.15) is 10.8 Å². The molecule has 0 aliphatic carbocycles. The molecular formula is C21H28ClN3O3. The number of esters is 1. The lowest BCUT2D eigenvalue weighted by molar-refractivity contribution is 0.00694. The Bertz CT molecular complexity index is 872. The first-order valence-electron chi connectivity index (χ1n) is 9.53. The van der Waals surface area contributed by atoms with Gasteiger partial charge in [-0.05, 0) is 44.9 Å². The number of hydrogen-bond donors (Lipinski definition) is 1. The van der Waals surface area contributed by atoms with Crippen LogP contribution in [-0.4, -0.2) is 27.7 Å². The molecular weight excluding hydrogens is 378 g/mol. The van der Waals surface area contributed by atoms with Crippen LogP contribution in [0.15, 0.2) is 35.1 Å². The third-order valence-electron chi connectivity index (χ3n) is 3.94. The van der Waals surface area contributed by atoms with E-state index >= 15 is 0 Å². The van der Waals surface area contributed by atoms with E-state index in [4.69, 9.17) is 16.3 Å². The van der Waals surface area contributed by atoms with E-state index in [0.717, 1.165) is 24.8 Å². The average Bonchev–Trinajstić information content (AvgIpc) is 2.60. The summed E-state index contributed by atoms with van der Waals surface area (Å²) in [5, 5.41) is 3.35. The minimum atomic E-state index is -0.570. The molecule has 0 spiro atoms. The lowest BCUT2D eigenvalue weighted by atomic mass is 10.1. The molecule has 0 saturated carbocycles. The first-order chi connectivity index (χ1) is 13.2. The van der Waals surface area contributed by atoms with Crippen LogP contribution in [0.2, 0.25) is 5.15 Å². The highest BCUT2D eigenvalue weighted by Gasteiger charge is 2.18. The third kappa shape index (κ3) is 6.68. The zero-order valence-electron chi connectivity index (χ0n) is 16.9. The van der Waals surface area contributed by atoms with Gasteiger partial charge in [-0.2, -0.15) is 0 Å². The average molecular weight is 406 g/mol. The molecule has 2 rings (SSSR count). The Morgan fingerprint density at radius 3 is 2.68 bits per heavy atom. The minimum Gasteiger partial charge on any atom is -0.456 e. The van der Waals surface area contributed by atoms with Gasteiger partial charge in [0.15, 0.2) is 0 Å². The second-order valence-electron chi connectivity index (χ2n) is 7.66. The normalized spacial score (nSPS) is 11.3. The lowest BCUT2D eigenvalue weighted by Gasteiger charge is -2.19. The molecule has 0 radical (unpaired) electrons. The Morgan fingerprint density at radius 2 is 2.00 bits per heavy atom. The number of ether oxygens (including phenoxy) is 1. The maximum Gasteiger partial charge on any atom is 0.338 e. The Labute approximate surface area is 170 Å². The molecule has 2 aromatic rings. The number of unbranched alkanes of at least 4 members (excludes halogenated alkanes) is 2. The van der Waals surface area contributed by atoms with E-state index in [1.807, 2.05) is 26.8 Å². The van der Waals surface area contributed by atoms with Crippen LogP contribution in [0.4, 0.5) is 5.95 Å². The Balaban J connectivity index is 2.24. The summed E-state index contributed by atoms with van der Waals surface area (Å²) in [7, 11) is 0. The molecule has 0 amide bonds. The SMILES string of the molecule is CCCCCNc1nc(Cl)cc(=O)n1Cc1cccc(C(=O)OC(C)(C)C)c1. The van der Waals surface area contributed by atoms with Crippen molar-refractivity contribution in [1.82, 2.24) is 9.55 Å². The van der Waals surface area contributed by atoms with Crippen molar-refractivity contribution in [2.75, 3.05) is 11.9 Å². The monoisotopic (exact) mass is 405 g/mol. The molecule has 0 bridgehead atoms. The van der Waals surface area contributed by atoms with Crippen molar-refractivity contribution in [2.24, 2.45) is 0 Å². The van der Waals surface area contributed by atoms with Gasteiger partial charge in [-0.3, -0.25) is 9.36 Å². The molecule has 0 aliphatic heterocycles. The van der Waals surface area contributed by atoms with Crippen LogP contribution in [0.5, 0.6) is 0 Å². The highest BCUT2D eigenvalue weighted by Crippen LogP contribution is 2.15. The molecule has 1 heterocycles. The molecule has 1 aromatic carbocycles. The molecule has 1 aromatic heterocycles. The van der Waals surface area contributed by atoms with Gasteiger partial charge >= 0.3 is 5.97 Å². The predicted octanol–water partition coefficient (Wildman–Crippen LogP) is 4.50. The fraction of sp³-hybridized carbons (Fsp3) is 0.476. The maximum atomic E-state index is 12.5. The van der Waals surface area contributed by atoms with Crippen molar-refractivity contribution in [3.05, 3.63) is 57.0 Å². The highest BCUT2D eigenvalue weighted by atomic mass is 35.5. The molecule has 0 unspecified atom stereocenters. The van der Waals surface area contributed by atoms with E-state index in [1.165, 1.54) is 10.6 Å². The van der Waals surface area contributed by atoms with Crippen LogP contribution in [0.25, 0.3) is 0 Å². The smallest absolute Gasteiger partial charge is 0.338 e. The van der Waals surface area contributed by atoms with Crippen molar-refractivity contribution in [3.63, 3.8) is 0 Å². The first-order valence-corrected chi connectivity index (χ1v) is 9.91. The zero-order chi connectivity index (χ0) is 20.7. The molecule has 0 aliphatic rings. The largest absolute Gasteiger partial charge is 0.456 e. The number of nitrogens with one attached hydrogen (secondary N) is 1. The van der Waals surface area contributed by atoms with Crippen LogP contribution in [0, 0.1) is 0 Å². The second kappa shape index (κ2) is 9.73. The minimum absolute atomic E-state index is 0.154. The number of nitrogens with zero attached hydrogens (tertiary/aromatic N) is 2. The molecule has 1 N–H and O–H groups in total. The van der Waals surface area contributed by atoms with Gasteiger partial charge in [0.25, 0.3) is 5.56 Å². The first kappa shape index (κ1) is 22.0.